The molecule has 3 heteroatoms. The van der Waals surface area contributed by atoms with Crippen LogP contribution in [-0.2, 0) is 11.2 Å². The molecule has 0 saturated heterocycles. The van der Waals surface area contributed by atoms with Gasteiger partial charge in [-0.1, -0.05) is 23.7 Å². The third kappa shape index (κ3) is 2.15. The second-order valence-electron chi connectivity index (χ2n) is 7.76. The first kappa shape index (κ1) is 14.7. The number of aliphatic hydroxyl groups excluding tert-OH is 1. The predicted molar refractivity (Wildman–Crippen MR) is 86.7 cm³/mol. The summed E-state index contributed by atoms with van der Waals surface area (Å²) in [5.74, 6) is 2.12. The number of carbonyl (C=O) groups is 1. The lowest BCUT2D eigenvalue weighted by Crippen LogP contribution is -2.58. The monoisotopic (exact) mass is 318 g/mol. The molecule has 0 heterocycles. The standard InChI is InChI=1S/C19H23ClO2/c20-17-3-1-2-12(6-17)11-19(4-5-21)15-7-13-8-16(19)10-14(9-15)18(13)22/h1-3,5-6,13-16,18,22H,4,7-11H2. The summed E-state index contributed by atoms with van der Waals surface area (Å²) in [6.45, 7) is 0. The minimum atomic E-state index is -0.0899. The Morgan fingerprint density at radius 2 is 1.82 bits per heavy atom. The molecule has 2 nitrogen and oxygen atoms in total. The van der Waals surface area contributed by atoms with E-state index in [0.29, 0.717) is 30.1 Å². The summed E-state index contributed by atoms with van der Waals surface area (Å²) in [6.07, 6.45) is 7.05. The fourth-order valence-corrected chi connectivity index (χ4v) is 6.15. The van der Waals surface area contributed by atoms with E-state index in [1.165, 1.54) is 5.56 Å². The van der Waals surface area contributed by atoms with Crippen LogP contribution in [0, 0.1) is 29.1 Å². The van der Waals surface area contributed by atoms with Gasteiger partial charge in [-0.25, -0.2) is 0 Å². The van der Waals surface area contributed by atoms with Crippen molar-refractivity contribution in [1.82, 2.24) is 0 Å². The quantitative estimate of drug-likeness (QED) is 0.855. The number of rotatable bonds is 4. The van der Waals surface area contributed by atoms with E-state index in [-0.39, 0.29) is 11.5 Å². The van der Waals surface area contributed by atoms with Gasteiger partial charge in [0, 0.05) is 11.4 Å². The number of carbonyl (C=O) groups excluding carboxylic acids is 1. The van der Waals surface area contributed by atoms with Crippen LogP contribution in [0.2, 0.25) is 5.02 Å². The highest BCUT2D eigenvalue weighted by Gasteiger charge is 2.59. The summed E-state index contributed by atoms with van der Waals surface area (Å²) >= 11 is 6.15. The molecule has 4 bridgehead atoms. The zero-order valence-electron chi connectivity index (χ0n) is 12.7. The van der Waals surface area contributed by atoms with Crippen molar-refractivity contribution in [1.29, 1.82) is 0 Å². The molecule has 0 amide bonds. The molecule has 0 aromatic heterocycles. The molecule has 0 aliphatic heterocycles. The van der Waals surface area contributed by atoms with Gasteiger partial charge in [0.1, 0.15) is 6.29 Å². The number of hydrogen-bond donors (Lipinski definition) is 1. The molecule has 1 aromatic rings. The topological polar surface area (TPSA) is 37.3 Å². The van der Waals surface area contributed by atoms with Gasteiger partial charge in [0.2, 0.25) is 0 Å². The summed E-state index contributed by atoms with van der Waals surface area (Å²) in [6, 6.07) is 8.10. The Balaban J connectivity index is 1.67. The molecule has 118 valence electrons. The Labute approximate surface area is 136 Å². The first-order valence-corrected chi connectivity index (χ1v) is 8.86. The Morgan fingerprint density at radius 3 is 2.36 bits per heavy atom. The molecule has 0 atom stereocenters. The number of benzene rings is 1. The lowest BCUT2D eigenvalue weighted by atomic mass is 9.43. The van der Waals surface area contributed by atoms with Crippen molar-refractivity contribution in [2.24, 2.45) is 29.1 Å². The van der Waals surface area contributed by atoms with Gasteiger partial charge in [0.25, 0.3) is 0 Å². The Morgan fingerprint density at radius 1 is 1.18 bits per heavy atom. The zero-order valence-corrected chi connectivity index (χ0v) is 13.5. The second kappa shape index (κ2) is 5.35. The summed E-state index contributed by atoms with van der Waals surface area (Å²) in [5.41, 5.74) is 1.35. The Kier molecular flexibility index (Phi) is 3.58. The average Bonchev–Trinajstić information content (AvgIpc) is 2.46. The number of aliphatic hydroxyl groups is 1. The maximum atomic E-state index is 11.4. The molecule has 22 heavy (non-hydrogen) atoms. The van der Waals surface area contributed by atoms with Gasteiger partial charge in [0.05, 0.1) is 6.10 Å². The third-order valence-electron chi connectivity index (χ3n) is 6.83. The van der Waals surface area contributed by atoms with Gasteiger partial charge in [-0.05, 0) is 78.9 Å². The van der Waals surface area contributed by atoms with E-state index in [4.69, 9.17) is 11.6 Å². The lowest BCUT2D eigenvalue weighted by Gasteiger charge is -2.63. The van der Waals surface area contributed by atoms with Crippen LogP contribution in [-0.4, -0.2) is 17.5 Å². The van der Waals surface area contributed by atoms with Crippen LogP contribution in [0.5, 0.6) is 0 Å². The van der Waals surface area contributed by atoms with Crippen LogP contribution < -0.4 is 0 Å². The largest absolute Gasteiger partial charge is 0.393 e. The smallest absolute Gasteiger partial charge is 0.120 e. The molecule has 4 fully saturated rings. The Bertz CT molecular complexity index is 553. The van der Waals surface area contributed by atoms with E-state index in [0.717, 1.165) is 43.4 Å². The van der Waals surface area contributed by atoms with Crippen molar-refractivity contribution in [3.05, 3.63) is 34.9 Å². The van der Waals surface area contributed by atoms with Gasteiger partial charge in [-0.2, -0.15) is 0 Å². The van der Waals surface area contributed by atoms with Crippen LogP contribution in [0.15, 0.2) is 24.3 Å². The van der Waals surface area contributed by atoms with Gasteiger partial charge in [-0.3, -0.25) is 0 Å². The minimum absolute atomic E-state index is 0.0899. The third-order valence-corrected chi connectivity index (χ3v) is 7.06. The van der Waals surface area contributed by atoms with Gasteiger partial charge in [-0.15, -0.1) is 0 Å². The van der Waals surface area contributed by atoms with Crippen molar-refractivity contribution < 1.29 is 9.90 Å². The number of halogens is 1. The summed E-state index contributed by atoms with van der Waals surface area (Å²) in [5, 5.41) is 11.1. The minimum Gasteiger partial charge on any atom is -0.393 e. The first-order valence-electron chi connectivity index (χ1n) is 8.48. The molecule has 1 N–H and O–H groups in total. The SMILES string of the molecule is O=CCC1(Cc2cccc(Cl)c2)C2CC3CC1CC(C2)C3O. The normalized spacial score (nSPS) is 42.5. The number of hydrogen-bond acceptors (Lipinski definition) is 2. The molecular weight excluding hydrogens is 296 g/mol. The van der Waals surface area contributed by atoms with Crippen molar-refractivity contribution in [3.8, 4) is 0 Å². The number of aldehydes is 1. The maximum Gasteiger partial charge on any atom is 0.120 e. The molecule has 5 rings (SSSR count). The van der Waals surface area contributed by atoms with Gasteiger partial charge in [0.15, 0.2) is 0 Å². The summed E-state index contributed by atoms with van der Waals surface area (Å²) < 4.78 is 0. The highest BCUT2D eigenvalue weighted by Crippen LogP contribution is 2.64. The highest BCUT2D eigenvalue weighted by molar-refractivity contribution is 6.30. The van der Waals surface area contributed by atoms with Crippen molar-refractivity contribution in [2.75, 3.05) is 0 Å². The van der Waals surface area contributed by atoms with Crippen molar-refractivity contribution >= 4 is 17.9 Å². The first-order chi connectivity index (χ1) is 10.6. The van der Waals surface area contributed by atoms with E-state index >= 15 is 0 Å². The van der Waals surface area contributed by atoms with Crippen molar-refractivity contribution in [3.63, 3.8) is 0 Å². The molecule has 0 spiro atoms. The summed E-state index contributed by atoms with van der Waals surface area (Å²) in [4.78, 5) is 11.4. The van der Waals surface area contributed by atoms with Crippen LogP contribution in [0.4, 0.5) is 0 Å². The molecule has 0 radical (unpaired) electrons. The van der Waals surface area contributed by atoms with E-state index in [9.17, 15) is 9.90 Å². The molecular formula is C19H23ClO2. The lowest BCUT2D eigenvalue weighted by molar-refractivity contribution is -0.169. The van der Waals surface area contributed by atoms with Crippen LogP contribution in [0.25, 0.3) is 0 Å². The maximum absolute atomic E-state index is 11.4. The molecule has 1 aromatic carbocycles. The van der Waals surface area contributed by atoms with E-state index in [1.807, 2.05) is 18.2 Å². The molecule has 4 aliphatic carbocycles. The molecule has 4 saturated carbocycles. The van der Waals surface area contributed by atoms with E-state index in [2.05, 4.69) is 6.07 Å². The zero-order chi connectivity index (χ0) is 15.3. The fraction of sp³-hybridized carbons (Fsp3) is 0.632. The summed E-state index contributed by atoms with van der Waals surface area (Å²) in [7, 11) is 0. The fourth-order valence-electron chi connectivity index (χ4n) is 5.94. The molecule has 4 aliphatic rings. The van der Waals surface area contributed by atoms with E-state index in [1.54, 1.807) is 0 Å². The Hall–Kier alpha value is -0.860. The van der Waals surface area contributed by atoms with Crippen LogP contribution >= 0.6 is 11.6 Å². The highest BCUT2D eigenvalue weighted by atomic mass is 35.5. The second-order valence-corrected chi connectivity index (χ2v) is 8.19. The van der Waals surface area contributed by atoms with Crippen LogP contribution in [0.1, 0.15) is 37.7 Å². The van der Waals surface area contributed by atoms with Crippen LogP contribution in [0.3, 0.4) is 0 Å². The predicted octanol–water partition coefficient (Wildman–Crippen LogP) is 3.88. The van der Waals surface area contributed by atoms with E-state index < -0.39 is 0 Å². The molecule has 0 unspecified atom stereocenters. The van der Waals surface area contributed by atoms with Crippen molar-refractivity contribution in [2.45, 2.75) is 44.6 Å². The van der Waals surface area contributed by atoms with Gasteiger partial charge < -0.3 is 9.90 Å². The van der Waals surface area contributed by atoms with Gasteiger partial charge >= 0.3 is 0 Å². The average molecular weight is 319 g/mol.